The molecule has 0 N–H and O–H groups in total. The molecule has 0 rings (SSSR count). The largest absolute Gasteiger partial charge is 0.415 e. The number of allylic oxidation sites excluding steroid dienone is 3. The van der Waals surface area contributed by atoms with Crippen molar-refractivity contribution in [2.45, 2.75) is 26.4 Å². The molecule has 0 heterocycles. The number of rotatable bonds is 6. The Labute approximate surface area is 101 Å². The van der Waals surface area contributed by atoms with Gasteiger partial charge in [0.1, 0.15) is 0 Å². The van der Waals surface area contributed by atoms with Crippen molar-refractivity contribution in [1.82, 2.24) is 4.90 Å². The Morgan fingerprint density at radius 1 is 1.24 bits per heavy atom. The first-order valence-electron chi connectivity index (χ1n) is 5.48. The summed E-state index contributed by atoms with van der Waals surface area (Å²) in [5.41, 5.74) is -0.313. The van der Waals surface area contributed by atoms with Crippen molar-refractivity contribution in [2.75, 3.05) is 13.6 Å². The van der Waals surface area contributed by atoms with E-state index in [2.05, 4.69) is 27.0 Å². The van der Waals surface area contributed by atoms with Crippen LogP contribution in [0.15, 0.2) is 36.6 Å². The van der Waals surface area contributed by atoms with Gasteiger partial charge in [-0.15, -0.1) is 0 Å². The zero-order chi connectivity index (χ0) is 13.6. The highest BCUT2D eigenvalue weighted by atomic mass is 19.4. The van der Waals surface area contributed by atoms with Gasteiger partial charge in [-0.25, -0.2) is 0 Å². The van der Waals surface area contributed by atoms with Crippen LogP contribution in [-0.4, -0.2) is 24.7 Å². The Morgan fingerprint density at radius 3 is 2.18 bits per heavy atom. The summed E-state index contributed by atoms with van der Waals surface area (Å²) in [6, 6.07) is 0. The molecule has 1 nitrogen and oxygen atoms in total. The van der Waals surface area contributed by atoms with Crippen LogP contribution in [0.25, 0.3) is 0 Å². The lowest BCUT2D eigenvalue weighted by molar-refractivity contribution is -0.0878. The van der Waals surface area contributed by atoms with E-state index in [-0.39, 0.29) is 0 Å². The average Bonchev–Trinajstić information content (AvgIpc) is 2.20. The minimum Gasteiger partial charge on any atom is -0.375 e. The molecular weight excluding hydrogens is 227 g/mol. The van der Waals surface area contributed by atoms with Gasteiger partial charge in [-0.3, -0.25) is 0 Å². The van der Waals surface area contributed by atoms with Crippen LogP contribution in [-0.2, 0) is 0 Å². The number of nitrogens with zero attached hydrogens (tertiary/aromatic N) is 1. The van der Waals surface area contributed by atoms with Crippen LogP contribution in [0.3, 0.4) is 0 Å². The van der Waals surface area contributed by atoms with Crippen LogP contribution in [0.2, 0.25) is 0 Å². The van der Waals surface area contributed by atoms with E-state index in [1.165, 1.54) is 6.08 Å². The highest BCUT2D eigenvalue weighted by Crippen LogP contribution is 2.25. The van der Waals surface area contributed by atoms with Crippen molar-refractivity contribution in [3.63, 3.8) is 0 Å². The average molecular weight is 247 g/mol. The Kier molecular flexibility index (Phi) is 6.07. The molecule has 0 aliphatic carbocycles. The van der Waals surface area contributed by atoms with Crippen molar-refractivity contribution < 1.29 is 13.2 Å². The van der Waals surface area contributed by atoms with Gasteiger partial charge in [0.05, 0.1) is 0 Å². The van der Waals surface area contributed by atoms with Gasteiger partial charge >= 0.3 is 6.18 Å². The molecule has 0 atom stereocenters. The SMILES string of the molecule is C=C(/C=C\C(=C)C(F)(F)F)N(C)CCC(C)C. The van der Waals surface area contributed by atoms with Gasteiger partial charge < -0.3 is 4.90 Å². The predicted molar refractivity (Wildman–Crippen MR) is 65.6 cm³/mol. The molecule has 4 heteroatoms. The van der Waals surface area contributed by atoms with Crippen LogP contribution < -0.4 is 0 Å². The molecule has 0 aliphatic heterocycles. The van der Waals surface area contributed by atoms with E-state index in [4.69, 9.17) is 0 Å². The number of likely N-dealkylation sites (N-methyl/N-ethyl adjacent to an activating group) is 1. The smallest absolute Gasteiger partial charge is 0.375 e. The highest BCUT2D eigenvalue weighted by Gasteiger charge is 2.29. The molecule has 0 saturated heterocycles. The maximum atomic E-state index is 12.2. The minimum absolute atomic E-state index is 0.552. The van der Waals surface area contributed by atoms with Crippen molar-refractivity contribution >= 4 is 0 Å². The fourth-order valence-electron chi connectivity index (χ4n) is 1.01. The zero-order valence-electron chi connectivity index (χ0n) is 10.6. The zero-order valence-corrected chi connectivity index (χ0v) is 10.6. The summed E-state index contributed by atoms with van der Waals surface area (Å²) in [6.07, 6.45) is -1.10. The number of halogens is 3. The fraction of sp³-hybridized carbons (Fsp3) is 0.538. The molecule has 98 valence electrons. The van der Waals surface area contributed by atoms with E-state index in [1.807, 2.05) is 11.9 Å². The van der Waals surface area contributed by atoms with E-state index in [1.54, 1.807) is 0 Å². The van der Waals surface area contributed by atoms with Gasteiger partial charge in [0.25, 0.3) is 0 Å². The predicted octanol–water partition coefficient (Wildman–Crippen LogP) is 4.15. The quantitative estimate of drug-likeness (QED) is 0.637. The van der Waals surface area contributed by atoms with Gasteiger partial charge in [-0.1, -0.05) is 27.0 Å². The Hall–Kier alpha value is -1.19. The molecule has 0 spiro atoms. The standard InChI is InChI=1S/C13H20F3N/c1-10(2)8-9-17(5)12(4)7-6-11(3)13(14,15)16/h6-7,10H,3-4,8-9H2,1-2,5H3/b7-6-. The number of hydrogen-bond donors (Lipinski definition) is 0. The van der Waals surface area contributed by atoms with Crippen molar-refractivity contribution in [3.05, 3.63) is 36.6 Å². The van der Waals surface area contributed by atoms with Gasteiger partial charge in [0, 0.05) is 24.9 Å². The highest BCUT2D eigenvalue weighted by molar-refractivity contribution is 5.26. The molecule has 0 amide bonds. The van der Waals surface area contributed by atoms with E-state index in [0.29, 0.717) is 11.6 Å². The lowest BCUT2D eigenvalue weighted by Gasteiger charge is -2.20. The first-order chi connectivity index (χ1) is 7.64. The first kappa shape index (κ1) is 15.8. The van der Waals surface area contributed by atoms with Crippen LogP contribution >= 0.6 is 0 Å². The monoisotopic (exact) mass is 247 g/mol. The Bertz CT molecular complexity index is 300. The molecule has 0 saturated carbocycles. The van der Waals surface area contributed by atoms with Crippen molar-refractivity contribution in [3.8, 4) is 0 Å². The molecule has 0 fully saturated rings. The summed E-state index contributed by atoms with van der Waals surface area (Å²) < 4.78 is 36.5. The molecule has 0 aromatic carbocycles. The minimum atomic E-state index is -4.37. The molecule has 0 aliphatic rings. The van der Waals surface area contributed by atoms with Crippen molar-refractivity contribution in [1.29, 1.82) is 0 Å². The molecule has 0 aromatic rings. The lowest BCUT2D eigenvalue weighted by atomic mass is 10.1. The second-order valence-electron chi connectivity index (χ2n) is 4.45. The third-order valence-corrected chi connectivity index (χ3v) is 2.37. The third-order valence-electron chi connectivity index (χ3n) is 2.37. The molecule has 0 unspecified atom stereocenters. The summed E-state index contributed by atoms with van der Waals surface area (Å²) in [6.45, 7) is 11.6. The van der Waals surface area contributed by atoms with E-state index >= 15 is 0 Å². The molecule has 17 heavy (non-hydrogen) atoms. The molecule has 0 bridgehead atoms. The molecule has 0 aromatic heterocycles. The summed E-state index contributed by atoms with van der Waals surface area (Å²) >= 11 is 0. The van der Waals surface area contributed by atoms with Crippen LogP contribution in [0, 0.1) is 5.92 Å². The fourth-order valence-corrected chi connectivity index (χ4v) is 1.01. The number of hydrogen-bond acceptors (Lipinski definition) is 1. The lowest BCUT2D eigenvalue weighted by Crippen LogP contribution is -2.18. The topological polar surface area (TPSA) is 3.24 Å². The van der Waals surface area contributed by atoms with Crippen LogP contribution in [0.5, 0.6) is 0 Å². The summed E-state index contributed by atoms with van der Waals surface area (Å²) in [7, 11) is 1.81. The van der Waals surface area contributed by atoms with Gasteiger partial charge in [-0.2, -0.15) is 13.2 Å². The number of alkyl halides is 3. The maximum absolute atomic E-state index is 12.2. The van der Waals surface area contributed by atoms with Gasteiger partial charge in [0.2, 0.25) is 0 Å². The van der Waals surface area contributed by atoms with E-state index in [0.717, 1.165) is 19.0 Å². The van der Waals surface area contributed by atoms with Gasteiger partial charge in [0.15, 0.2) is 0 Å². The Balaban J connectivity index is 4.26. The summed E-state index contributed by atoms with van der Waals surface area (Å²) in [5.74, 6) is 0.555. The third kappa shape index (κ3) is 6.87. The molecular formula is C13H20F3N. The maximum Gasteiger partial charge on any atom is 0.415 e. The summed E-state index contributed by atoms with van der Waals surface area (Å²) in [5, 5.41) is 0. The van der Waals surface area contributed by atoms with E-state index in [9.17, 15) is 13.2 Å². The van der Waals surface area contributed by atoms with E-state index < -0.39 is 11.7 Å². The normalized spacial score (nSPS) is 12.2. The van der Waals surface area contributed by atoms with Crippen molar-refractivity contribution in [2.24, 2.45) is 5.92 Å². The summed E-state index contributed by atoms with van der Waals surface area (Å²) in [4.78, 5) is 1.83. The Morgan fingerprint density at radius 2 is 1.76 bits per heavy atom. The van der Waals surface area contributed by atoms with Gasteiger partial charge in [-0.05, 0) is 24.5 Å². The second kappa shape index (κ2) is 6.52. The van der Waals surface area contributed by atoms with Crippen LogP contribution in [0.1, 0.15) is 20.3 Å². The van der Waals surface area contributed by atoms with Crippen LogP contribution in [0.4, 0.5) is 13.2 Å². The second-order valence-corrected chi connectivity index (χ2v) is 4.45. The first-order valence-corrected chi connectivity index (χ1v) is 5.48. The molecule has 0 radical (unpaired) electrons.